The Morgan fingerprint density at radius 1 is 1.32 bits per heavy atom. The van der Waals surface area contributed by atoms with E-state index in [1.807, 2.05) is 18.2 Å². The topological polar surface area (TPSA) is 95.4 Å². The van der Waals surface area contributed by atoms with Gasteiger partial charge in [-0.2, -0.15) is 0 Å². The molecule has 1 aliphatic rings. The van der Waals surface area contributed by atoms with Crippen molar-refractivity contribution in [2.24, 2.45) is 5.73 Å². The quantitative estimate of drug-likeness (QED) is 0.860. The molecule has 0 saturated carbocycles. The lowest BCUT2D eigenvalue weighted by Crippen LogP contribution is -2.04. The fraction of sp³-hybridized carbons (Fsp3) is 0.333. The molecule has 1 atom stereocenters. The summed E-state index contributed by atoms with van der Waals surface area (Å²) in [5, 5.41) is 10.7. The van der Waals surface area contributed by atoms with Crippen LogP contribution in [0, 0.1) is 0 Å². The molecule has 2 heterocycles. The van der Waals surface area contributed by atoms with Crippen LogP contribution in [0.4, 0.5) is 6.01 Å². The predicted octanol–water partition coefficient (Wildman–Crippen LogP) is 1.43. The molecule has 1 aromatic heterocycles. The number of ether oxygens (including phenoxy) is 2. The van der Waals surface area contributed by atoms with Crippen LogP contribution in [0.25, 0.3) is 0 Å². The lowest BCUT2D eigenvalue weighted by Gasteiger charge is -2.03. The van der Waals surface area contributed by atoms with Crippen molar-refractivity contribution in [3.8, 4) is 11.5 Å². The molecule has 3 N–H and O–H groups in total. The summed E-state index contributed by atoms with van der Waals surface area (Å²) in [7, 11) is 0. The van der Waals surface area contributed by atoms with Crippen LogP contribution in [0.3, 0.4) is 0 Å². The molecule has 1 unspecified atom stereocenters. The van der Waals surface area contributed by atoms with E-state index in [0.29, 0.717) is 18.5 Å². The summed E-state index contributed by atoms with van der Waals surface area (Å²) in [5.41, 5.74) is 6.67. The van der Waals surface area contributed by atoms with E-state index >= 15 is 0 Å². The second-order valence-corrected chi connectivity index (χ2v) is 4.28. The Bertz CT molecular complexity index is 582. The number of nitrogens with two attached hydrogens (primary N) is 1. The lowest BCUT2D eigenvalue weighted by molar-refractivity contribution is 0.174. The largest absolute Gasteiger partial charge is 0.454 e. The molecule has 0 aliphatic carbocycles. The molecule has 19 heavy (non-hydrogen) atoms. The zero-order chi connectivity index (χ0) is 13.2. The van der Waals surface area contributed by atoms with Gasteiger partial charge in [0.1, 0.15) is 0 Å². The molecule has 0 saturated heterocycles. The Morgan fingerprint density at radius 2 is 2.16 bits per heavy atom. The molecule has 100 valence electrons. The number of hydrogen-bond acceptors (Lipinski definition) is 7. The smallest absolute Gasteiger partial charge is 0.315 e. The minimum atomic E-state index is -0.270. The van der Waals surface area contributed by atoms with Crippen molar-refractivity contribution < 1.29 is 13.9 Å². The van der Waals surface area contributed by atoms with E-state index < -0.39 is 0 Å². The summed E-state index contributed by atoms with van der Waals surface area (Å²) in [4.78, 5) is 0. The van der Waals surface area contributed by atoms with E-state index in [9.17, 15) is 0 Å². The van der Waals surface area contributed by atoms with Crippen LogP contribution in [0.15, 0.2) is 22.6 Å². The predicted molar refractivity (Wildman–Crippen MR) is 66.8 cm³/mol. The van der Waals surface area contributed by atoms with Gasteiger partial charge in [-0.3, -0.25) is 0 Å². The van der Waals surface area contributed by atoms with Gasteiger partial charge >= 0.3 is 6.01 Å². The highest BCUT2D eigenvalue weighted by Crippen LogP contribution is 2.32. The lowest BCUT2D eigenvalue weighted by atomic mass is 10.2. The maximum absolute atomic E-state index is 5.64. The van der Waals surface area contributed by atoms with Gasteiger partial charge in [0.15, 0.2) is 11.5 Å². The fourth-order valence-electron chi connectivity index (χ4n) is 1.72. The molecule has 0 spiro atoms. The molecular formula is C12H14N4O3. The number of aromatic nitrogens is 2. The summed E-state index contributed by atoms with van der Waals surface area (Å²) in [6.07, 6.45) is 0. The second-order valence-electron chi connectivity index (χ2n) is 4.28. The van der Waals surface area contributed by atoms with Gasteiger partial charge in [0.2, 0.25) is 12.7 Å². The van der Waals surface area contributed by atoms with Crippen LogP contribution in [0.1, 0.15) is 24.4 Å². The molecule has 0 amide bonds. The van der Waals surface area contributed by atoms with Crippen molar-refractivity contribution in [2.75, 3.05) is 12.1 Å². The summed E-state index contributed by atoms with van der Waals surface area (Å²) >= 11 is 0. The van der Waals surface area contributed by atoms with Crippen molar-refractivity contribution in [1.29, 1.82) is 0 Å². The third-order valence-electron chi connectivity index (χ3n) is 2.71. The first-order chi connectivity index (χ1) is 9.22. The molecule has 7 nitrogen and oxygen atoms in total. The first-order valence-corrected chi connectivity index (χ1v) is 5.94. The van der Waals surface area contributed by atoms with Crippen molar-refractivity contribution in [3.63, 3.8) is 0 Å². The third kappa shape index (κ3) is 2.45. The highest BCUT2D eigenvalue weighted by atomic mass is 16.7. The van der Waals surface area contributed by atoms with Crippen LogP contribution < -0.4 is 20.5 Å². The van der Waals surface area contributed by atoms with E-state index in [-0.39, 0.29) is 12.8 Å². The van der Waals surface area contributed by atoms with Gasteiger partial charge in [-0.05, 0) is 24.6 Å². The Morgan fingerprint density at radius 3 is 2.95 bits per heavy atom. The average molecular weight is 262 g/mol. The summed E-state index contributed by atoms with van der Waals surface area (Å²) in [5.74, 6) is 1.93. The maximum Gasteiger partial charge on any atom is 0.315 e. The zero-order valence-corrected chi connectivity index (χ0v) is 10.4. The third-order valence-corrected chi connectivity index (χ3v) is 2.71. The molecule has 3 rings (SSSR count). The summed E-state index contributed by atoms with van der Waals surface area (Å²) < 4.78 is 15.9. The van der Waals surface area contributed by atoms with E-state index in [1.165, 1.54) is 0 Å². The summed E-state index contributed by atoms with van der Waals surface area (Å²) in [6.45, 7) is 2.61. The Hall–Kier alpha value is -2.28. The van der Waals surface area contributed by atoms with Crippen LogP contribution in [0.2, 0.25) is 0 Å². The minimum Gasteiger partial charge on any atom is -0.454 e. The van der Waals surface area contributed by atoms with Gasteiger partial charge in [-0.25, -0.2) is 0 Å². The van der Waals surface area contributed by atoms with Gasteiger partial charge in [-0.1, -0.05) is 11.2 Å². The first kappa shape index (κ1) is 11.8. The zero-order valence-electron chi connectivity index (χ0n) is 10.4. The van der Waals surface area contributed by atoms with Gasteiger partial charge < -0.3 is 24.9 Å². The van der Waals surface area contributed by atoms with E-state index in [0.717, 1.165) is 17.1 Å². The minimum absolute atomic E-state index is 0.270. The van der Waals surface area contributed by atoms with Crippen LogP contribution >= 0.6 is 0 Å². The number of anilines is 1. The number of benzene rings is 1. The van der Waals surface area contributed by atoms with E-state index in [4.69, 9.17) is 19.6 Å². The van der Waals surface area contributed by atoms with Crippen molar-refractivity contribution in [1.82, 2.24) is 10.2 Å². The van der Waals surface area contributed by atoms with Crippen molar-refractivity contribution >= 4 is 6.01 Å². The summed E-state index contributed by atoms with van der Waals surface area (Å²) in [6, 6.07) is 5.82. The molecule has 0 fully saturated rings. The molecule has 0 bridgehead atoms. The number of rotatable bonds is 4. The van der Waals surface area contributed by atoms with Crippen LogP contribution in [-0.4, -0.2) is 17.0 Å². The molecule has 0 radical (unpaired) electrons. The standard InChI is InChI=1S/C12H14N4O3/c1-7(13)11-15-16-12(19-11)14-5-8-2-3-9-10(4-8)18-6-17-9/h2-4,7H,5-6,13H2,1H3,(H,14,16). The van der Waals surface area contributed by atoms with Crippen molar-refractivity contribution in [3.05, 3.63) is 29.7 Å². The highest BCUT2D eigenvalue weighted by molar-refractivity contribution is 5.45. The van der Waals surface area contributed by atoms with Crippen molar-refractivity contribution in [2.45, 2.75) is 19.5 Å². The van der Waals surface area contributed by atoms with Crippen LogP contribution in [0.5, 0.6) is 11.5 Å². The SMILES string of the molecule is CC(N)c1nnc(NCc2ccc3c(c2)OCO3)o1. The fourth-order valence-corrected chi connectivity index (χ4v) is 1.72. The molecule has 1 aliphatic heterocycles. The van der Waals surface area contributed by atoms with E-state index in [2.05, 4.69) is 15.5 Å². The monoisotopic (exact) mass is 262 g/mol. The Kier molecular flexibility index (Phi) is 2.96. The maximum atomic E-state index is 5.64. The molecule has 7 heteroatoms. The second kappa shape index (κ2) is 4.77. The average Bonchev–Trinajstić information content (AvgIpc) is 3.04. The van der Waals surface area contributed by atoms with Gasteiger partial charge in [-0.15, -0.1) is 5.10 Å². The molecular weight excluding hydrogens is 248 g/mol. The normalized spacial score (nSPS) is 14.4. The number of hydrogen-bond donors (Lipinski definition) is 2. The van der Waals surface area contributed by atoms with E-state index in [1.54, 1.807) is 6.92 Å². The Balaban J connectivity index is 1.65. The number of nitrogens with zero attached hydrogens (tertiary/aromatic N) is 2. The van der Waals surface area contributed by atoms with Gasteiger partial charge in [0.05, 0.1) is 6.04 Å². The Labute approximate surface area is 109 Å². The molecule has 1 aromatic carbocycles. The van der Waals surface area contributed by atoms with Gasteiger partial charge in [0, 0.05) is 6.54 Å². The number of fused-ring (bicyclic) bond motifs is 1. The highest BCUT2D eigenvalue weighted by Gasteiger charge is 2.14. The van der Waals surface area contributed by atoms with Gasteiger partial charge in [0.25, 0.3) is 0 Å². The number of nitrogens with one attached hydrogen (secondary N) is 1. The van der Waals surface area contributed by atoms with Crippen LogP contribution in [-0.2, 0) is 6.54 Å². The molecule has 2 aromatic rings. The first-order valence-electron chi connectivity index (χ1n) is 5.94.